The molecule has 1 aromatic rings. The van der Waals surface area contributed by atoms with Gasteiger partial charge in [-0.2, -0.15) is 0 Å². The molecule has 1 saturated heterocycles. The summed E-state index contributed by atoms with van der Waals surface area (Å²) in [5.74, 6) is 1.65. The minimum atomic E-state index is 0.789. The van der Waals surface area contributed by atoms with Gasteiger partial charge in [-0.3, -0.25) is 4.90 Å². The van der Waals surface area contributed by atoms with Gasteiger partial charge in [0.05, 0.1) is 31.9 Å². The predicted molar refractivity (Wildman–Crippen MR) is 73.3 cm³/mol. The number of nitrogens with zero attached hydrogens (tertiary/aromatic N) is 1. The fraction of sp³-hybridized carbons (Fsp3) is 0.538. The lowest BCUT2D eigenvalue weighted by Gasteiger charge is -2.27. The van der Waals surface area contributed by atoms with Gasteiger partial charge in [0.25, 0.3) is 0 Å². The van der Waals surface area contributed by atoms with Crippen molar-refractivity contribution in [2.75, 3.05) is 40.5 Å². The van der Waals surface area contributed by atoms with Gasteiger partial charge < -0.3 is 14.2 Å². The van der Waals surface area contributed by atoms with Crippen molar-refractivity contribution in [2.24, 2.45) is 0 Å². The first-order chi connectivity index (χ1) is 8.74. The van der Waals surface area contributed by atoms with Gasteiger partial charge in [0, 0.05) is 31.3 Å². The number of hydrogen-bond donors (Lipinski definition) is 0. The summed E-state index contributed by atoms with van der Waals surface area (Å²) < 4.78 is 17.0. The van der Waals surface area contributed by atoms with Crippen molar-refractivity contribution in [1.82, 2.24) is 4.90 Å². The molecule has 1 heterocycles. The van der Waals surface area contributed by atoms with Gasteiger partial charge in [-0.25, -0.2) is 0 Å². The second-order valence-electron chi connectivity index (χ2n) is 4.19. The molecule has 0 atom stereocenters. The van der Waals surface area contributed by atoms with E-state index in [-0.39, 0.29) is 0 Å². The Morgan fingerprint density at radius 3 is 2.44 bits per heavy atom. The molecule has 0 amide bonds. The van der Waals surface area contributed by atoms with Crippen molar-refractivity contribution in [3.05, 3.63) is 22.2 Å². The topological polar surface area (TPSA) is 30.9 Å². The second-order valence-corrected chi connectivity index (χ2v) is 5.04. The molecule has 0 unspecified atom stereocenters. The van der Waals surface area contributed by atoms with Crippen LogP contribution in [0.5, 0.6) is 11.5 Å². The van der Waals surface area contributed by atoms with Crippen LogP contribution in [0.15, 0.2) is 16.6 Å². The standard InChI is InChI=1S/C13H18BrNO3/c1-16-12-8-13(17-2)11(14)7-10(12)9-15-3-5-18-6-4-15/h7-8H,3-6,9H2,1-2H3. The van der Waals surface area contributed by atoms with E-state index in [1.165, 1.54) is 0 Å². The predicted octanol–water partition coefficient (Wildman–Crippen LogP) is 2.30. The Hall–Kier alpha value is -0.780. The molecule has 1 aliphatic rings. The van der Waals surface area contributed by atoms with Crippen molar-refractivity contribution < 1.29 is 14.2 Å². The molecular formula is C13H18BrNO3. The van der Waals surface area contributed by atoms with E-state index >= 15 is 0 Å². The molecule has 0 bridgehead atoms. The Balaban J connectivity index is 2.17. The fourth-order valence-corrected chi connectivity index (χ4v) is 2.60. The lowest BCUT2D eigenvalue weighted by Crippen LogP contribution is -2.35. The van der Waals surface area contributed by atoms with Crippen molar-refractivity contribution in [1.29, 1.82) is 0 Å². The average molecular weight is 316 g/mol. The Morgan fingerprint density at radius 1 is 1.17 bits per heavy atom. The molecule has 1 aliphatic heterocycles. The summed E-state index contributed by atoms with van der Waals surface area (Å²) in [5, 5.41) is 0. The molecule has 4 nitrogen and oxygen atoms in total. The molecule has 0 spiro atoms. The number of ether oxygens (including phenoxy) is 3. The summed E-state index contributed by atoms with van der Waals surface area (Å²) in [6.07, 6.45) is 0. The quantitative estimate of drug-likeness (QED) is 0.853. The molecule has 18 heavy (non-hydrogen) atoms. The highest BCUT2D eigenvalue weighted by Crippen LogP contribution is 2.33. The van der Waals surface area contributed by atoms with Crippen molar-refractivity contribution in [2.45, 2.75) is 6.54 Å². The maximum absolute atomic E-state index is 5.43. The van der Waals surface area contributed by atoms with E-state index < -0.39 is 0 Å². The lowest BCUT2D eigenvalue weighted by atomic mass is 10.1. The molecule has 0 radical (unpaired) electrons. The van der Waals surface area contributed by atoms with Crippen LogP contribution in [0.3, 0.4) is 0 Å². The molecule has 0 saturated carbocycles. The van der Waals surface area contributed by atoms with Crippen LogP contribution in [0.2, 0.25) is 0 Å². The minimum Gasteiger partial charge on any atom is -0.496 e. The number of hydrogen-bond acceptors (Lipinski definition) is 4. The van der Waals surface area contributed by atoms with Crippen LogP contribution in [0, 0.1) is 0 Å². The van der Waals surface area contributed by atoms with Crippen LogP contribution < -0.4 is 9.47 Å². The van der Waals surface area contributed by atoms with Gasteiger partial charge in [0.15, 0.2) is 0 Å². The molecule has 1 aromatic carbocycles. The zero-order valence-corrected chi connectivity index (χ0v) is 12.3. The van der Waals surface area contributed by atoms with Gasteiger partial charge in [-0.1, -0.05) is 0 Å². The van der Waals surface area contributed by atoms with Crippen LogP contribution >= 0.6 is 15.9 Å². The molecule has 1 fully saturated rings. The second kappa shape index (κ2) is 6.41. The minimum absolute atomic E-state index is 0.789. The van der Waals surface area contributed by atoms with E-state index in [2.05, 4.69) is 26.9 Å². The first kappa shape index (κ1) is 13.6. The van der Waals surface area contributed by atoms with Crippen LogP contribution in [0.4, 0.5) is 0 Å². The third-order valence-corrected chi connectivity index (χ3v) is 3.67. The summed E-state index contributed by atoms with van der Waals surface area (Å²) >= 11 is 3.51. The van der Waals surface area contributed by atoms with Crippen LogP contribution in [-0.4, -0.2) is 45.4 Å². The number of benzene rings is 1. The van der Waals surface area contributed by atoms with E-state index in [0.717, 1.165) is 54.4 Å². The number of morpholine rings is 1. The summed E-state index contributed by atoms with van der Waals surface area (Å²) in [6, 6.07) is 3.98. The molecular weight excluding hydrogens is 298 g/mol. The zero-order chi connectivity index (χ0) is 13.0. The van der Waals surface area contributed by atoms with Gasteiger partial charge in [-0.15, -0.1) is 0 Å². The van der Waals surface area contributed by atoms with E-state index in [9.17, 15) is 0 Å². The van der Waals surface area contributed by atoms with E-state index in [1.807, 2.05) is 6.07 Å². The maximum Gasteiger partial charge on any atom is 0.136 e. The van der Waals surface area contributed by atoms with Crippen molar-refractivity contribution >= 4 is 15.9 Å². The van der Waals surface area contributed by atoms with Crippen LogP contribution in [0.25, 0.3) is 0 Å². The highest BCUT2D eigenvalue weighted by atomic mass is 79.9. The maximum atomic E-state index is 5.43. The lowest BCUT2D eigenvalue weighted by molar-refractivity contribution is 0.0338. The summed E-state index contributed by atoms with van der Waals surface area (Å²) in [6.45, 7) is 4.41. The Kier molecular flexibility index (Phi) is 4.86. The summed E-state index contributed by atoms with van der Waals surface area (Å²) in [4.78, 5) is 2.36. The largest absolute Gasteiger partial charge is 0.496 e. The molecule has 2 rings (SSSR count). The van der Waals surface area contributed by atoms with E-state index in [4.69, 9.17) is 14.2 Å². The Bertz CT molecular complexity index is 405. The number of rotatable bonds is 4. The number of halogens is 1. The molecule has 0 aromatic heterocycles. The van der Waals surface area contributed by atoms with Crippen molar-refractivity contribution in [3.8, 4) is 11.5 Å². The smallest absolute Gasteiger partial charge is 0.136 e. The normalized spacial score (nSPS) is 16.6. The van der Waals surface area contributed by atoms with Crippen LogP contribution in [0.1, 0.15) is 5.56 Å². The average Bonchev–Trinajstić information content (AvgIpc) is 2.40. The molecule has 5 heteroatoms. The Labute approximate surface area is 116 Å². The summed E-state index contributed by atoms with van der Waals surface area (Å²) in [5.41, 5.74) is 1.16. The highest BCUT2D eigenvalue weighted by molar-refractivity contribution is 9.10. The SMILES string of the molecule is COc1cc(OC)c(CN2CCOCC2)cc1Br. The monoisotopic (exact) mass is 315 g/mol. The number of methoxy groups -OCH3 is 2. The fourth-order valence-electron chi connectivity index (χ4n) is 2.05. The van der Waals surface area contributed by atoms with E-state index in [1.54, 1.807) is 14.2 Å². The first-order valence-corrected chi connectivity index (χ1v) is 6.74. The highest BCUT2D eigenvalue weighted by Gasteiger charge is 2.15. The third kappa shape index (κ3) is 3.16. The summed E-state index contributed by atoms with van der Waals surface area (Å²) in [7, 11) is 3.34. The van der Waals surface area contributed by atoms with Gasteiger partial charge in [-0.05, 0) is 22.0 Å². The first-order valence-electron chi connectivity index (χ1n) is 5.95. The zero-order valence-electron chi connectivity index (χ0n) is 10.7. The van der Waals surface area contributed by atoms with Crippen LogP contribution in [-0.2, 0) is 11.3 Å². The van der Waals surface area contributed by atoms with Crippen molar-refractivity contribution in [3.63, 3.8) is 0 Å². The molecule has 100 valence electrons. The molecule has 0 aliphatic carbocycles. The van der Waals surface area contributed by atoms with Gasteiger partial charge >= 0.3 is 0 Å². The Morgan fingerprint density at radius 2 is 1.83 bits per heavy atom. The molecule has 0 N–H and O–H groups in total. The van der Waals surface area contributed by atoms with Gasteiger partial charge in [0.2, 0.25) is 0 Å². The van der Waals surface area contributed by atoms with E-state index in [0.29, 0.717) is 0 Å². The third-order valence-electron chi connectivity index (χ3n) is 3.05. The van der Waals surface area contributed by atoms with Gasteiger partial charge in [0.1, 0.15) is 11.5 Å².